The highest BCUT2D eigenvalue weighted by molar-refractivity contribution is 9.10. The van der Waals surface area contributed by atoms with Crippen LogP contribution in [0.5, 0.6) is 0 Å². The summed E-state index contributed by atoms with van der Waals surface area (Å²) in [5.41, 5.74) is 1.16. The Bertz CT molecular complexity index is 1590. The average molecular weight is 572 g/mol. The molecule has 7 nitrogen and oxygen atoms in total. The van der Waals surface area contributed by atoms with E-state index >= 15 is 0 Å². The van der Waals surface area contributed by atoms with Gasteiger partial charge in [-0.1, -0.05) is 63.7 Å². The van der Waals surface area contributed by atoms with E-state index in [1.807, 2.05) is 0 Å². The van der Waals surface area contributed by atoms with Crippen molar-refractivity contribution in [1.82, 2.24) is 4.98 Å². The van der Waals surface area contributed by atoms with Crippen LogP contribution in [0.15, 0.2) is 68.8 Å². The SMILES string of the molecule is C=CCOC(=O)c1sc(N2C(=O)c3oc4ccc(Br)cc4c(=O)c3C2c2cccc(Cl)c2)nc1C. The van der Waals surface area contributed by atoms with Crippen molar-refractivity contribution in [3.8, 4) is 0 Å². The summed E-state index contributed by atoms with van der Waals surface area (Å²) >= 11 is 10.7. The van der Waals surface area contributed by atoms with E-state index in [-0.39, 0.29) is 33.4 Å². The van der Waals surface area contributed by atoms with Gasteiger partial charge in [-0.25, -0.2) is 9.78 Å². The lowest BCUT2D eigenvalue weighted by molar-refractivity contribution is 0.0554. The van der Waals surface area contributed by atoms with E-state index in [1.54, 1.807) is 49.4 Å². The molecule has 0 fully saturated rings. The molecule has 0 radical (unpaired) electrons. The van der Waals surface area contributed by atoms with Gasteiger partial charge in [-0.2, -0.15) is 0 Å². The van der Waals surface area contributed by atoms with E-state index in [0.29, 0.717) is 31.7 Å². The molecule has 1 aliphatic heterocycles. The van der Waals surface area contributed by atoms with E-state index in [1.165, 1.54) is 11.0 Å². The highest BCUT2D eigenvalue weighted by Crippen LogP contribution is 2.43. The van der Waals surface area contributed by atoms with Crippen molar-refractivity contribution in [2.45, 2.75) is 13.0 Å². The molecule has 4 aromatic rings. The van der Waals surface area contributed by atoms with Gasteiger partial charge in [0.05, 0.1) is 22.7 Å². The summed E-state index contributed by atoms with van der Waals surface area (Å²) in [6, 6.07) is 11.1. The minimum absolute atomic E-state index is 0.0469. The van der Waals surface area contributed by atoms with E-state index in [4.69, 9.17) is 20.8 Å². The molecule has 1 atom stereocenters. The van der Waals surface area contributed by atoms with Gasteiger partial charge in [-0.15, -0.1) is 0 Å². The second-order valence-corrected chi connectivity index (χ2v) is 10.1. The Labute approximate surface area is 216 Å². The van der Waals surface area contributed by atoms with E-state index in [9.17, 15) is 14.4 Å². The van der Waals surface area contributed by atoms with Crippen LogP contribution in [0.4, 0.5) is 5.13 Å². The Balaban J connectivity index is 1.73. The Hall–Kier alpha value is -3.27. The molecule has 0 N–H and O–H groups in total. The van der Waals surface area contributed by atoms with E-state index < -0.39 is 17.9 Å². The topological polar surface area (TPSA) is 89.7 Å². The van der Waals surface area contributed by atoms with Crippen LogP contribution in [0.1, 0.15) is 43.1 Å². The fourth-order valence-corrected chi connectivity index (χ4v) is 5.56. The molecule has 0 aliphatic carbocycles. The second-order valence-electron chi connectivity index (χ2n) is 7.75. The van der Waals surface area contributed by atoms with Crippen LogP contribution in [0.3, 0.4) is 0 Å². The Morgan fingerprint density at radius 2 is 2.11 bits per heavy atom. The van der Waals surface area contributed by atoms with Gasteiger partial charge in [-0.05, 0) is 42.8 Å². The molecule has 2 aromatic carbocycles. The number of fused-ring (bicyclic) bond motifs is 2. The number of ether oxygens (including phenoxy) is 1. The first kappa shape index (κ1) is 23.5. The first-order valence-corrected chi connectivity index (χ1v) is 12.4. The van der Waals surface area contributed by atoms with Crippen molar-refractivity contribution in [3.63, 3.8) is 0 Å². The minimum Gasteiger partial charge on any atom is -0.457 e. The number of aromatic nitrogens is 1. The zero-order valence-electron chi connectivity index (χ0n) is 18.2. The number of carbonyl (C=O) groups is 2. The number of rotatable bonds is 5. The molecular formula is C25H16BrClN2O5S. The zero-order valence-corrected chi connectivity index (χ0v) is 21.4. The van der Waals surface area contributed by atoms with Crippen molar-refractivity contribution in [3.05, 3.63) is 102 Å². The third-order valence-electron chi connectivity index (χ3n) is 5.51. The van der Waals surface area contributed by atoms with Crippen LogP contribution in [0.25, 0.3) is 11.0 Å². The molecule has 0 saturated carbocycles. The van der Waals surface area contributed by atoms with Crippen molar-refractivity contribution in [2.24, 2.45) is 0 Å². The molecule has 10 heteroatoms. The van der Waals surface area contributed by atoms with Gasteiger partial charge in [0.1, 0.15) is 17.1 Å². The first-order valence-electron chi connectivity index (χ1n) is 10.4. The maximum absolute atomic E-state index is 13.7. The first-order chi connectivity index (χ1) is 16.8. The molecular weight excluding hydrogens is 556 g/mol. The number of anilines is 1. The van der Waals surface area contributed by atoms with Crippen molar-refractivity contribution >= 4 is 66.8 Å². The van der Waals surface area contributed by atoms with Gasteiger partial charge >= 0.3 is 5.97 Å². The van der Waals surface area contributed by atoms with E-state index in [2.05, 4.69) is 27.5 Å². The van der Waals surface area contributed by atoms with Crippen LogP contribution in [-0.2, 0) is 4.74 Å². The number of hydrogen-bond acceptors (Lipinski definition) is 7. The molecule has 0 saturated heterocycles. The lowest BCUT2D eigenvalue weighted by Crippen LogP contribution is -2.29. The summed E-state index contributed by atoms with van der Waals surface area (Å²) < 4.78 is 11.8. The summed E-state index contributed by atoms with van der Waals surface area (Å²) in [6.45, 7) is 5.24. The van der Waals surface area contributed by atoms with Gasteiger partial charge in [0.15, 0.2) is 10.6 Å². The predicted octanol–water partition coefficient (Wildman–Crippen LogP) is 6.07. The van der Waals surface area contributed by atoms with Crippen LogP contribution in [0.2, 0.25) is 5.02 Å². The fraction of sp³-hybridized carbons (Fsp3) is 0.120. The van der Waals surface area contributed by atoms with Gasteiger partial charge in [0, 0.05) is 9.50 Å². The quantitative estimate of drug-likeness (QED) is 0.213. The molecule has 3 heterocycles. The third kappa shape index (κ3) is 3.99. The number of esters is 1. The van der Waals surface area contributed by atoms with Crippen LogP contribution >= 0.6 is 38.9 Å². The summed E-state index contributed by atoms with van der Waals surface area (Å²) in [4.78, 5) is 46.0. The highest BCUT2D eigenvalue weighted by Gasteiger charge is 2.45. The largest absolute Gasteiger partial charge is 0.457 e. The summed E-state index contributed by atoms with van der Waals surface area (Å²) in [5.74, 6) is -1.18. The molecule has 1 amide bonds. The molecule has 5 rings (SSSR count). The Morgan fingerprint density at radius 3 is 2.86 bits per heavy atom. The van der Waals surface area contributed by atoms with Gasteiger partial charge < -0.3 is 9.15 Å². The monoisotopic (exact) mass is 570 g/mol. The zero-order chi connectivity index (χ0) is 24.9. The Kier molecular flexibility index (Phi) is 6.08. The Morgan fingerprint density at radius 1 is 1.31 bits per heavy atom. The van der Waals surface area contributed by atoms with Crippen LogP contribution < -0.4 is 10.3 Å². The summed E-state index contributed by atoms with van der Waals surface area (Å²) in [5, 5.41) is 1.02. The van der Waals surface area contributed by atoms with Crippen LogP contribution in [0, 0.1) is 6.92 Å². The maximum Gasteiger partial charge on any atom is 0.350 e. The van der Waals surface area contributed by atoms with E-state index in [0.717, 1.165) is 11.3 Å². The summed E-state index contributed by atoms with van der Waals surface area (Å²) in [7, 11) is 0. The lowest BCUT2D eigenvalue weighted by Gasteiger charge is -2.22. The number of aryl methyl sites for hydroxylation is 1. The number of hydrogen-bond donors (Lipinski definition) is 0. The molecule has 0 spiro atoms. The molecule has 2 aromatic heterocycles. The molecule has 35 heavy (non-hydrogen) atoms. The smallest absolute Gasteiger partial charge is 0.350 e. The fourth-order valence-electron chi connectivity index (χ4n) is 4.01. The lowest BCUT2D eigenvalue weighted by atomic mass is 9.99. The van der Waals surface area contributed by atoms with Crippen molar-refractivity contribution in [2.75, 3.05) is 11.5 Å². The van der Waals surface area contributed by atoms with Crippen LogP contribution in [-0.4, -0.2) is 23.5 Å². The number of halogens is 2. The molecule has 0 bridgehead atoms. The number of nitrogens with zero attached hydrogens (tertiary/aromatic N) is 2. The summed E-state index contributed by atoms with van der Waals surface area (Å²) in [6.07, 6.45) is 1.46. The van der Waals surface area contributed by atoms with Gasteiger partial charge in [0.2, 0.25) is 5.76 Å². The third-order valence-corrected chi connectivity index (χ3v) is 7.37. The number of carbonyl (C=O) groups excluding carboxylic acids is 2. The second kappa shape index (κ2) is 9.07. The molecule has 1 unspecified atom stereocenters. The standard InChI is InChI=1S/C25H16BrClN2O5S/c1-3-9-33-24(32)22-12(2)28-25(35-22)29-19(13-5-4-6-15(27)10-13)18-20(30)16-11-14(26)7-8-17(16)34-21(18)23(29)31/h3-8,10-11,19H,1,9H2,2H3. The normalized spacial score (nSPS) is 14.9. The average Bonchev–Trinajstić information content (AvgIpc) is 3.35. The van der Waals surface area contributed by atoms with Gasteiger partial charge in [0.25, 0.3) is 5.91 Å². The van der Waals surface area contributed by atoms with Gasteiger partial charge in [-0.3, -0.25) is 14.5 Å². The molecule has 1 aliphatic rings. The minimum atomic E-state index is -0.849. The predicted molar refractivity (Wildman–Crippen MR) is 138 cm³/mol. The number of amides is 1. The highest BCUT2D eigenvalue weighted by atomic mass is 79.9. The number of thiazole rings is 1. The van der Waals surface area contributed by atoms with Crippen molar-refractivity contribution < 1.29 is 18.7 Å². The van der Waals surface area contributed by atoms with Crippen molar-refractivity contribution in [1.29, 1.82) is 0 Å². The maximum atomic E-state index is 13.7. The molecule has 176 valence electrons. The number of benzene rings is 2.